The smallest absolute Gasteiger partial charge is 0.244 e. The molecule has 1 unspecified atom stereocenters. The number of rotatable bonds is 4. The van der Waals surface area contributed by atoms with E-state index in [1.54, 1.807) is 17.6 Å². The van der Waals surface area contributed by atoms with Crippen molar-refractivity contribution in [2.75, 3.05) is 26.2 Å². The number of aromatic nitrogens is 3. The fourth-order valence-electron chi connectivity index (χ4n) is 3.91. The first-order chi connectivity index (χ1) is 13.0. The van der Waals surface area contributed by atoms with E-state index in [0.29, 0.717) is 19.6 Å². The molecule has 2 saturated heterocycles. The van der Waals surface area contributed by atoms with Crippen LogP contribution in [-0.2, 0) is 22.7 Å². The average Bonchev–Trinajstić information content (AvgIpc) is 3.15. The van der Waals surface area contributed by atoms with E-state index in [1.807, 2.05) is 4.68 Å². The molecule has 2 aromatic rings. The molecule has 2 amide bonds. The lowest BCUT2D eigenvalue weighted by Gasteiger charge is -2.43. The van der Waals surface area contributed by atoms with E-state index in [4.69, 9.17) is 0 Å². The highest BCUT2D eigenvalue weighted by Crippen LogP contribution is 2.21. The van der Waals surface area contributed by atoms with Crippen LogP contribution in [0, 0.1) is 13.8 Å². The molecule has 0 saturated carbocycles. The van der Waals surface area contributed by atoms with Gasteiger partial charge in [-0.05, 0) is 36.1 Å². The normalized spacial score (nSPS) is 20.5. The molecule has 0 aliphatic carbocycles. The Kier molecular flexibility index (Phi) is 4.65. The maximum Gasteiger partial charge on any atom is 0.244 e. The van der Waals surface area contributed by atoms with Gasteiger partial charge < -0.3 is 10.2 Å². The summed E-state index contributed by atoms with van der Waals surface area (Å²) < 4.78 is 1.82. The van der Waals surface area contributed by atoms with Crippen molar-refractivity contribution >= 4 is 11.8 Å². The van der Waals surface area contributed by atoms with Gasteiger partial charge in [0.15, 0.2) is 0 Å². The van der Waals surface area contributed by atoms with Crippen molar-refractivity contribution in [3.05, 3.63) is 47.0 Å². The van der Waals surface area contributed by atoms with Crippen molar-refractivity contribution in [3.63, 3.8) is 0 Å². The van der Waals surface area contributed by atoms with E-state index in [1.165, 1.54) is 22.3 Å². The summed E-state index contributed by atoms with van der Waals surface area (Å²) in [4.78, 5) is 32.2. The fourth-order valence-corrected chi connectivity index (χ4v) is 3.91. The second kappa shape index (κ2) is 7.11. The van der Waals surface area contributed by atoms with Gasteiger partial charge in [-0.3, -0.25) is 14.5 Å². The Morgan fingerprint density at radius 2 is 1.89 bits per heavy atom. The predicted octanol–water partition coefficient (Wildman–Crippen LogP) is 0.0858. The van der Waals surface area contributed by atoms with Crippen molar-refractivity contribution in [2.24, 2.45) is 0 Å². The third-order valence-corrected chi connectivity index (χ3v) is 5.49. The molecule has 8 heteroatoms. The van der Waals surface area contributed by atoms with Gasteiger partial charge in [-0.1, -0.05) is 12.1 Å². The Labute approximate surface area is 158 Å². The molecule has 1 atom stereocenters. The topological polar surface area (TPSA) is 83.4 Å². The average molecular weight is 368 g/mol. The lowest BCUT2D eigenvalue weighted by molar-refractivity contribution is -0.149. The van der Waals surface area contributed by atoms with Crippen LogP contribution in [0.4, 0.5) is 0 Å². The van der Waals surface area contributed by atoms with Gasteiger partial charge in [-0.15, -0.1) is 0 Å². The number of hydrogen-bond acceptors (Lipinski definition) is 5. The van der Waals surface area contributed by atoms with E-state index in [0.717, 1.165) is 13.1 Å². The minimum Gasteiger partial charge on any atom is -0.345 e. The molecule has 4 rings (SSSR count). The number of carbonyl (C=O) groups excluding carboxylic acids is 2. The summed E-state index contributed by atoms with van der Waals surface area (Å²) in [7, 11) is 0. The van der Waals surface area contributed by atoms with Crippen molar-refractivity contribution < 1.29 is 9.59 Å². The van der Waals surface area contributed by atoms with Gasteiger partial charge in [0.25, 0.3) is 0 Å². The van der Waals surface area contributed by atoms with Gasteiger partial charge in [0.1, 0.15) is 18.7 Å². The highest BCUT2D eigenvalue weighted by atomic mass is 16.2. The van der Waals surface area contributed by atoms with Gasteiger partial charge in [0.2, 0.25) is 11.8 Å². The Morgan fingerprint density at radius 3 is 2.63 bits per heavy atom. The summed E-state index contributed by atoms with van der Waals surface area (Å²) in [5.74, 6) is -0.0346. The molecule has 1 N–H and O–H groups in total. The number of piperazine rings is 2. The molecule has 0 radical (unpaired) electrons. The molecular formula is C19H24N6O2. The van der Waals surface area contributed by atoms with Crippen molar-refractivity contribution in [1.82, 2.24) is 29.9 Å². The fraction of sp³-hybridized carbons (Fsp3) is 0.474. The standard InChI is InChI=1S/C19H24N6O2/c1-13-5-14(2)16(9-24-12-20-11-22-24)6-15(13)8-23-3-4-25-17(10-23)19(27)21-7-18(25)26/h5-6,11-12,17H,3-4,7-10H2,1-2H3,(H,21,27). The minimum absolute atomic E-state index is 0.0147. The minimum atomic E-state index is -0.375. The molecule has 2 aliphatic rings. The Morgan fingerprint density at radius 1 is 1.11 bits per heavy atom. The van der Waals surface area contributed by atoms with E-state index < -0.39 is 0 Å². The van der Waals surface area contributed by atoms with Crippen LogP contribution in [0.15, 0.2) is 24.8 Å². The van der Waals surface area contributed by atoms with Crippen LogP contribution in [0.2, 0.25) is 0 Å². The van der Waals surface area contributed by atoms with Crippen molar-refractivity contribution in [2.45, 2.75) is 33.0 Å². The van der Waals surface area contributed by atoms with Gasteiger partial charge in [0, 0.05) is 26.2 Å². The molecule has 3 heterocycles. The number of hydrogen-bond donors (Lipinski definition) is 1. The molecular weight excluding hydrogens is 344 g/mol. The van der Waals surface area contributed by atoms with Crippen LogP contribution in [0.5, 0.6) is 0 Å². The maximum atomic E-state index is 12.2. The summed E-state index contributed by atoms with van der Waals surface area (Å²) in [5.41, 5.74) is 4.92. The van der Waals surface area contributed by atoms with Crippen LogP contribution in [0.25, 0.3) is 0 Å². The van der Waals surface area contributed by atoms with Crippen LogP contribution in [-0.4, -0.2) is 68.6 Å². The van der Waals surface area contributed by atoms with Crippen molar-refractivity contribution in [1.29, 1.82) is 0 Å². The molecule has 1 aromatic carbocycles. The van der Waals surface area contributed by atoms with Gasteiger partial charge in [0.05, 0.1) is 13.1 Å². The van der Waals surface area contributed by atoms with Crippen LogP contribution in [0.3, 0.4) is 0 Å². The summed E-state index contributed by atoms with van der Waals surface area (Å²) in [6.07, 6.45) is 3.26. The zero-order chi connectivity index (χ0) is 19.0. The first kappa shape index (κ1) is 17.7. The van der Waals surface area contributed by atoms with Crippen LogP contribution >= 0.6 is 0 Å². The zero-order valence-electron chi connectivity index (χ0n) is 15.7. The number of fused-ring (bicyclic) bond motifs is 1. The van der Waals surface area contributed by atoms with Gasteiger partial charge in [-0.2, -0.15) is 5.10 Å². The number of carbonyl (C=O) groups is 2. The third-order valence-electron chi connectivity index (χ3n) is 5.49. The molecule has 2 fully saturated rings. The molecule has 0 spiro atoms. The second-order valence-corrected chi connectivity index (χ2v) is 7.35. The molecule has 0 bridgehead atoms. The summed E-state index contributed by atoms with van der Waals surface area (Å²) >= 11 is 0. The lowest BCUT2D eigenvalue weighted by Crippen LogP contribution is -2.65. The first-order valence-corrected chi connectivity index (χ1v) is 9.22. The molecule has 27 heavy (non-hydrogen) atoms. The predicted molar refractivity (Wildman–Crippen MR) is 98.8 cm³/mol. The van der Waals surface area contributed by atoms with Crippen LogP contribution < -0.4 is 5.32 Å². The largest absolute Gasteiger partial charge is 0.345 e. The van der Waals surface area contributed by atoms with E-state index >= 15 is 0 Å². The quantitative estimate of drug-likeness (QED) is 0.827. The molecule has 8 nitrogen and oxygen atoms in total. The molecule has 2 aliphatic heterocycles. The number of amides is 2. The highest BCUT2D eigenvalue weighted by Gasteiger charge is 2.38. The molecule has 142 valence electrons. The lowest BCUT2D eigenvalue weighted by atomic mass is 9.98. The van der Waals surface area contributed by atoms with E-state index in [-0.39, 0.29) is 24.4 Å². The second-order valence-electron chi connectivity index (χ2n) is 7.35. The van der Waals surface area contributed by atoms with Gasteiger partial charge >= 0.3 is 0 Å². The van der Waals surface area contributed by atoms with Crippen molar-refractivity contribution in [3.8, 4) is 0 Å². The number of nitrogens with one attached hydrogen (secondary N) is 1. The van der Waals surface area contributed by atoms with Crippen LogP contribution in [0.1, 0.15) is 22.3 Å². The Balaban J connectivity index is 1.50. The third kappa shape index (κ3) is 3.57. The first-order valence-electron chi connectivity index (χ1n) is 9.22. The molecule has 1 aromatic heterocycles. The van der Waals surface area contributed by atoms with E-state index in [9.17, 15) is 9.59 Å². The SMILES string of the molecule is Cc1cc(C)c(Cn2cncn2)cc1CN1CCN2C(=O)CNC(=O)C2C1. The summed E-state index contributed by atoms with van der Waals surface area (Å²) in [5, 5.41) is 6.89. The summed E-state index contributed by atoms with van der Waals surface area (Å²) in [6.45, 7) is 7.76. The summed E-state index contributed by atoms with van der Waals surface area (Å²) in [6, 6.07) is 4.06. The van der Waals surface area contributed by atoms with Gasteiger partial charge in [-0.25, -0.2) is 9.67 Å². The maximum absolute atomic E-state index is 12.2. The highest BCUT2D eigenvalue weighted by molar-refractivity contribution is 5.95. The zero-order valence-corrected chi connectivity index (χ0v) is 15.7. The number of nitrogens with zero attached hydrogens (tertiary/aromatic N) is 5. The Hall–Kier alpha value is -2.74. The van der Waals surface area contributed by atoms with E-state index in [2.05, 4.69) is 46.3 Å². The number of benzene rings is 1. The number of aryl methyl sites for hydroxylation is 2. The Bertz CT molecular complexity index is 863. The monoisotopic (exact) mass is 368 g/mol.